The minimum atomic E-state index is -1.59. The summed E-state index contributed by atoms with van der Waals surface area (Å²) in [6.45, 7) is 16.3. The molecular formula is C30H48O4. The number of Topliss-reactive ketones (excluding diaryl/α,β-unsaturated/α-hetero) is 1. The number of rotatable bonds is 3. The van der Waals surface area contributed by atoms with Crippen LogP contribution < -0.4 is 0 Å². The topological polar surface area (TPSA) is 66.8 Å². The van der Waals surface area contributed by atoms with Gasteiger partial charge in [0.05, 0.1) is 12.7 Å². The van der Waals surface area contributed by atoms with Gasteiger partial charge in [-0.05, 0) is 90.3 Å². The fourth-order valence-corrected chi connectivity index (χ4v) is 10.1. The molecule has 0 aromatic rings. The van der Waals surface area contributed by atoms with Crippen molar-refractivity contribution < 1.29 is 19.7 Å². The van der Waals surface area contributed by atoms with Crippen LogP contribution in [0, 0.1) is 51.2 Å². The van der Waals surface area contributed by atoms with Crippen LogP contribution in [0.5, 0.6) is 0 Å². The normalized spacial score (nSPS) is 52.1. The van der Waals surface area contributed by atoms with Crippen molar-refractivity contribution in [2.75, 3.05) is 6.61 Å². The summed E-state index contributed by atoms with van der Waals surface area (Å²) >= 11 is 0. The van der Waals surface area contributed by atoms with E-state index < -0.39 is 5.79 Å². The van der Waals surface area contributed by atoms with Gasteiger partial charge in [0.1, 0.15) is 0 Å². The first-order valence-electron chi connectivity index (χ1n) is 14.0. The lowest BCUT2D eigenvalue weighted by atomic mass is 9.41. The van der Waals surface area contributed by atoms with Crippen molar-refractivity contribution in [1.29, 1.82) is 0 Å². The number of aliphatic hydroxyl groups excluding tert-OH is 1. The summed E-state index contributed by atoms with van der Waals surface area (Å²) < 4.78 is 5.84. The quantitative estimate of drug-likeness (QED) is 0.502. The van der Waals surface area contributed by atoms with Crippen molar-refractivity contribution >= 4 is 5.78 Å². The van der Waals surface area contributed by atoms with Crippen LogP contribution in [-0.2, 0) is 9.53 Å². The van der Waals surface area contributed by atoms with Crippen molar-refractivity contribution in [2.24, 2.45) is 51.2 Å². The number of allylic oxidation sites excluding steroid dienone is 2. The van der Waals surface area contributed by atoms with Gasteiger partial charge in [-0.15, -0.1) is 0 Å². The maximum Gasteiger partial charge on any atom is 0.227 e. The molecule has 1 aliphatic heterocycles. The predicted molar refractivity (Wildman–Crippen MR) is 134 cm³/mol. The Hall–Kier alpha value is -0.710. The zero-order valence-electron chi connectivity index (χ0n) is 22.6. The van der Waals surface area contributed by atoms with E-state index in [1.807, 2.05) is 13.8 Å². The van der Waals surface area contributed by atoms with Gasteiger partial charge in [0.2, 0.25) is 5.79 Å². The van der Waals surface area contributed by atoms with E-state index >= 15 is 0 Å². The number of hydrogen-bond donors (Lipinski definition) is 2. The molecule has 1 heterocycles. The third kappa shape index (κ3) is 3.10. The first kappa shape index (κ1) is 25.0. The molecule has 0 aromatic carbocycles. The molecule has 4 fully saturated rings. The van der Waals surface area contributed by atoms with E-state index in [1.165, 1.54) is 19.3 Å². The summed E-state index contributed by atoms with van der Waals surface area (Å²) in [5.41, 5.74) is 2.25. The Morgan fingerprint density at radius 3 is 2.44 bits per heavy atom. The van der Waals surface area contributed by atoms with Gasteiger partial charge in [0, 0.05) is 12.3 Å². The molecule has 34 heavy (non-hydrogen) atoms. The monoisotopic (exact) mass is 472 g/mol. The number of ether oxygens (including phenoxy) is 1. The molecule has 0 aromatic heterocycles. The van der Waals surface area contributed by atoms with Crippen LogP contribution in [0.4, 0.5) is 0 Å². The largest absolute Gasteiger partial charge is 0.393 e. The van der Waals surface area contributed by atoms with Gasteiger partial charge in [0.25, 0.3) is 0 Å². The number of aliphatic hydroxyl groups is 2. The van der Waals surface area contributed by atoms with Gasteiger partial charge in [-0.25, -0.2) is 0 Å². The smallest absolute Gasteiger partial charge is 0.227 e. The molecule has 1 unspecified atom stereocenters. The van der Waals surface area contributed by atoms with Crippen LogP contribution >= 0.6 is 0 Å². The average molecular weight is 473 g/mol. The SMILES string of the molecule is CC(C)C(=O)C1(O)C[C@H]([C@@H]2CC[C@]3(C)C4=CC[C@H]5C(C)(C)[C@H](O)CC[C@]5(C)[C@H]4CC[C@@]23C)CO1. The second kappa shape index (κ2) is 7.65. The minimum Gasteiger partial charge on any atom is -0.393 e. The van der Waals surface area contributed by atoms with E-state index in [2.05, 4.69) is 40.7 Å². The molecule has 4 heteroatoms. The summed E-state index contributed by atoms with van der Waals surface area (Å²) in [5.74, 6) is -0.124. The van der Waals surface area contributed by atoms with Crippen LogP contribution in [0.25, 0.3) is 0 Å². The molecular weight excluding hydrogens is 424 g/mol. The number of hydrogen-bond acceptors (Lipinski definition) is 4. The Kier molecular flexibility index (Phi) is 5.62. The summed E-state index contributed by atoms with van der Waals surface area (Å²) in [4.78, 5) is 12.7. The highest BCUT2D eigenvalue weighted by Crippen LogP contribution is 2.73. The Balaban J connectivity index is 1.44. The summed E-state index contributed by atoms with van der Waals surface area (Å²) in [7, 11) is 0. The van der Waals surface area contributed by atoms with E-state index in [0.29, 0.717) is 30.8 Å². The minimum absolute atomic E-state index is 0.0382. The molecule has 4 nitrogen and oxygen atoms in total. The van der Waals surface area contributed by atoms with Gasteiger partial charge < -0.3 is 14.9 Å². The molecule has 192 valence electrons. The molecule has 5 aliphatic rings. The predicted octanol–water partition coefficient (Wildman–Crippen LogP) is 5.90. The van der Waals surface area contributed by atoms with Gasteiger partial charge in [0.15, 0.2) is 5.78 Å². The maximum absolute atomic E-state index is 12.7. The van der Waals surface area contributed by atoms with Crippen molar-refractivity contribution in [3.05, 3.63) is 11.6 Å². The molecule has 4 aliphatic carbocycles. The van der Waals surface area contributed by atoms with E-state index in [0.717, 1.165) is 25.7 Å². The molecule has 5 rings (SSSR count). The Morgan fingerprint density at radius 2 is 1.76 bits per heavy atom. The first-order chi connectivity index (χ1) is 15.7. The van der Waals surface area contributed by atoms with Gasteiger partial charge >= 0.3 is 0 Å². The maximum atomic E-state index is 12.7. The Labute approximate surface area is 206 Å². The average Bonchev–Trinajstić information content (AvgIpc) is 3.28. The number of carbonyl (C=O) groups excluding carboxylic acids is 1. The molecule has 0 bridgehead atoms. The van der Waals surface area contributed by atoms with E-state index in [9.17, 15) is 15.0 Å². The third-order valence-electron chi connectivity index (χ3n) is 12.4. The molecule has 1 saturated heterocycles. The molecule has 2 N–H and O–H groups in total. The zero-order chi connectivity index (χ0) is 24.9. The highest BCUT2D eigenvalue weighted by molar-refractivity contribution is 5.87. The molecule has 0 spiro atoms. The summed E-state index contributed by atoms with van der Waals surface area (Å²) in [6.07, 6.45) is 10.7. The van der Waals surface area contributed by atoms with E-state index in [1.54, 1.807) is 5.57 Å². The molecule has 0 amide bonds. The highest BCUT2D eigenvalue weighted by Gasteiger charge is 2.66. The fourth-order valence-electron chi connectivity index (χ4n) is 10.1. The Morgan fingerprint density at radius 1 is 1.06 bits per heavy atom. The Bertz CT molecular complexity index is 890. The lowest BCUT2D eigenvalue weighted by Crippen LogP contribution is -2.58. The first-order valence-corrected chi connectivity index (χ1v) is 14.0. The molecule has 3 saturated carbocycles. The fraction of sp³-hybridized carbons (Fsp3) is 0.900. The van der Waals surface area contributed by atoms with Crippen molar-refractivity contribution in [3.63, 3.8) is 0 Å². The third-order valence-corrected chi connectivity index (χ3v) is 12.4. The summed E-state index contributed by atoms with van der Waals surface area (Å²) in [5, 5.41) is 21.8. The zero-order valence-corrected chi connectivity index (χ0v) is 22.6. The molecule has 9 atom stereocenters. The highest BCUT2D eigenvalue weighted by atomic mass is 16.6. The van der Waals surface area contributed by atoms with Crippen LogP contribution in [0.1, 0.15) is 99.8 Å². The van der Waals surface area contributed by atoms with Crippen LogP contribution in [0.2, 0.25) is 0 Å². The van der Waals surface area contributed by atoms with Gasteiger partial charge in [-0.2, -0.15) is 0 Å². The summed E-state index contributed by atoms with van der Waals surface area (Å²) in [6, 6.07) is 0. The van der Waals surface area contributed by atoms with Crippen molar-refractivity contribution in [3.8, 4) is 0 Å². The number of ketones is 1. The van der Waals surface area contributed by atoms with Gasteiger partial charge in [-0.1, -0.05) is 60.1 Å². The second-order valence-corrected chi connectivity index (χ2v) is 14.4. The number of carbonyl (C=O) groups is 1. The van der Waals surface area contributed by atoms with Crippen molar-refractivity contribution in [2.45, 2.75) is 112 Å². The lowest BCUT2D eigenvalue weighted by Gasteiger charge is -2.64. The van der Waals surface area contributed by atoms with E-state index in [4.69, 9.17) is 4.74 Å². The van der Waals surface area contributed by atoms with Crippen LogP contribution in [0.15, 0.2) is 11.6 Å². The second-order valence-electron chi connectivity index (χ2n) is 14.4. The standard InChI is InChI=1S/C30H48O4/c1-18(2)25(32)30(33)16-19(17-34-30)20-10-14-29(7)22-8-9-23-26(3,4)24(31)12-13-27(23,5)21(22)11-15-28(20,29)6/h8,18-21,23-24,31,33H,9-17H2,1-7H3/t19-,20-,21-,23-,24+,27+,28-,29+,30?/m0/s1. The molecule has 0 radical (unpaired) electrons. The van der Waals surface area contributed by atoms with Crippen molar-refractivity contribution in [1.82, 2.24) is 0 Å². The number of fused-ring (bicyclic) bond motifs is 5. The van der Waals surface area contributed by atoms with Crippen LogP contribution in [-0.4, -0.2) is 34.5 Å². The lowest BCUT2D eigenvalue weighted by molar-refractivity contribution is -0.189. The van der Waals surface area contributed by atoms with Crippen LogP contribution in [0.3, 0.4) is 0 Å². The van der Waals surface area contributed by atoms with Gasteiger partial charge in [-0.3, -0.25) is 4.79 Å². The van der Waals surface area contributed by atoms with E-state index in [-0.39, 0.29) is 45.4 Å².